The molecular weight excluding hydrogens is 518 g/mol. The Kier molecular flexibility index (Phi) is 8.48. The van der Waals surface area contributed by atoms with E-state index in [4.69, 9.17) is 32.1 Å². The fourth-order valence-corrected chi connectivity index (χ4v) is 5.82. The molecule has 5 aromatic rings. The zero-order chi connectivity index (χ0) is 28.1. The monoisotopic (exact) mass is 551 g/mol. The highest BCUT2D eigenvalue weighted by atomic mass is 35.5. The van der Waals surface area contributed by atoms with E-state index in [9.17, 15) is 0 Å². The number of ether oxygens (including phenoxy) is 1. The second kappa shape index (κ2) is 12.2. The van der Waals surface area contributed by atoms with Crippen molar-refractivity contribution in [2.45, 2.75) is 17.9 Å². The van der Waals surface area contributed by atoms with Crippen LogP contribution >= 0.6 is 11.6 Å². The van der Waals surface area contributed by atoms with Crippen LogP contribution in [0.25, 0.3) is 21.9 Å². The van der Waals surface area contributed by atoms with Gasteiger partial charge in [0.25, 0.3) is 0 Å². The molecule has 2 N–H and O–H groups in total. The number of rotatable bonds is 10. The average molecular weight is 552 g/mol. The van der Waals surface area contributed by atoms with Gasteiger partial charge in [0, 0.05) is 34.8 Å². The predicted molar refractivity (Wildman–Crippen MR) is 164 cm³/mol. The number of nitrogens with zero attached hydrogens (tertiary/aromatic N) is 2. The zero-order valence-electron chi connectivity index (χ0n) is 23.1. The van der Waals surface area contributed by atoms with E-state index in [1.165, 1.54) is 0 Å². The van der Waals surface area contributed by atoms with Crippen molar-refractivity contribution in [2.75, 3.05) is 27.7 Å². The molecule has 6 heteroatoms. The van der Waals surface area contributed by atoms with Gasteiger partial charge >= 0.3 is 0 Å². The minimum absolute atomic E-state index is 0.356. The lowest BCUT2D eigenvalue weighted by Crippen LogP contribution is -2.42. The molecule has 1 heterocycles. The van der Waals surface area contributed by atoms with Crippen molar-refractivity contribution in [3.8, 4) is 17.0 Å². The van der Waals surface area contributed by atoms with Crippen LogP contribution in [0.1, 0.15) is 29.0 Å². The Morgan fingerprint density at radius 1 is 0.875 bits per heavy atom. The van der Waals surface area contributed by atoms with Crippen LogP contribution in [0.4, 0.5) is 0 Å². The second-order valence-electron chi connectivity index (χ2n) is 10.3. The molecule has 0 saturated carbocycles. The molecule has 2 atom stereocenters. The lowest BCUT2D eigenvalue weighted by Gasteiger charge is -2.41. The molecule has 0 saturated heterocycles. The lowest BCUT2D eigenvalue weighted by atomic mass is 9.70. The van der Waals surface area contributed by atoms with E-state index >= 15 is 0 Å². The minimum Gasteiger partial charge on any atom is -0.481 e. The van der Waals surface area contributed by atoms with Gasteiger partial charge < -0.3 is 9.64 Å². The predicted octanol–water partition coefficient (Wildman–Crippen LogP) is 7.43. The second-order valence-corrected chi connectivity index (χ2v) is 10.7. The van der Waals surface area contributed by atoms with Gasteiger partial charge in [-0.2, -0.15) is 0 Å². The Morgan fingerprint density at radius 3 is 2.33 bits per heavy atom. The fourth-order valence-electron chi connectivity index (χ4n) is 5.63. The summed E-state index contributed by atoms with van der Waals surface area (Å²) >= 11 is 6.37. The SMILES string of the molecule is COc1ncc(-c2cccc(Cl)c2)cc1C(c1ccccc1)C(CCN(C)C)(ON)c1cccc2ccccc12. The number of nitrogens with two attached hydrogens (primary N) is 1. The first-order chi connectivity index (χ1) is 19.5. The zero-order valence-corrected chi connectivity index (χ0v) is 23.8. The maximum absolute atomic E-state index is 6.46. The van der Waals surface area contributed by atoms with E-state index in [1.807, 2.05) is 54.7 Å². The Bertz CT molecular complexity index is 1590. The molecule has 0 aliphatic heterocycles. The Morgan fingerprint density at radius 2 is 1.60 bits per heavy atom. The van der Waals surface area contributed by atoms with Crippen LogP contribution in [-0.4, -0.2) is 37.6 Å². The summed E-state index contributed by atoms with van der Waals surface area (Å²) in [6.07, 6.45) is 2.44. The molecule has 0 aliphatic rings. The molecule has 0 fully saturated rings. The number of methoxy groups -OCH3 is 1. The van der Waals surface area contributed by atoms with Gasteiger partial charge in [-0.15, -0.1) is 0 Å². The van der Waals surface area contributed by atoms with Crippen molar-refractivity contribution in [1.29, 1.82) is 0 Å². The van der Waals surface area contributed by atoms with Crippen LogP contribution in [0, 0.1) is 0 Å². The van der Waals surface area contributed by atoms with E-state index in [-0.39, 0.29) is 5.92 Å². The minimum atomic E-state index is -0.964. The van der Waals surface area contributed by atoms with Crippen LogP contribution in [0.2, 0.25) is 5.02 Å². The first-order valence-corrected chi connectivity index (χ1v) is 13.7. The van der Waals surface area contributed by atoms with Crippen LogP contribution in [0.5, 0.6) is 5.88 Å². The van der Waals surface area contributed by atoms with E-state index in [1.54, 1.807) is 7.11 Å². The van der Waals surface area contributed by atoms with Crippen molar-refractivity contribution in [3.05, 3.63) is 131 Å². The van der Waals surface area contributed by atoms with Crippen LogP contribution in [-0.2, 0) is 10.4 Å². The molecule has 5 rings (SSSR count). The summed E-state index contributed by atoms with van der Waals surface area (Å²) in [5.74, 6) is 6.62. The summed E-state index contributed by atoms with van der Waals surface area (Å²) in [5, 5.41) is 2.87. The van der Waals surface area contributed by atoms with Crippen molar-refractivity contribution in [1.82, 2.24) is 9.88 Å². The number of benzene rings is 4. The van der Waals surface area contributed by atoms with Gasteiger partial charge in [-0.25, -0.2) is 10.9 Å². The molecule has 0 amide bonds. The largest absolute Gasteiger partial charge is 0.481 e. The lowest BCUT2D eigenvalue weighted by molar-refractivity contribution is -0.0747. The number of fused-ring (bicyclic) bond motifs is 1. The topological polar surface area (TPSA) is 60.6 Å². The Balaban J connectivity index is 1.84. The highest BCUT2D eigenvalue weighted by Gasteiger charge is 2.46. The van der Waals surface area contributed by atoms with Crippen LogP contribution in [0.15, 0.2) is 109 Å². The fraction of sp³-hybridized carbons (Fsp3) is 0.206. The van der Waals surface area contributed by atoms with E-state index in [0.29, 0.717) is 17.3 Å². The van der Waals surface area contributed by atoms with Gasteiger partial charge in [-0.3, -0.25) is 4.84 Å². The maximum atomic E-state index is 6.46. The summed E-state index contributed by atoms with van der Waals surface area (Å²) < 4.78 is 5.91. The van der Waals surface area contributed by atoms with E-state index in [2.05, 4.69) is 73.6 Å². The van der Waals surface area contributed by atoms with Crippen molar-refractivity contribution in [2.24, 2.45) is 5.90 Å². The first-order valence-electron chi connectivity index (χ1n) is 13.3. The van der Waals surface area contributed by atoms with E-state index < -0.39 is 5.60 Å². The molecule has 0 radical (unpaired) electrons. The third-order valence-corrected chi connectivity index (χ3v) is 7.76. The van der Waals surface area contributed by atoms with Crippen molar-refractivity contribution >= 4 is 22.4 Å². The Hall–Kier alpha value is -3.74. The highest BCUT2D eigenvalue weighted by Crippen LogP contribution is 2.50. The third-order valence-electron chi connectivity index (χ3n) is 7.53. The normalized spacial score (nSPS) is 13.8. The van der Waals surface area contributed by atoms with Crippen LogP contribution < -0.4 is 10.6 Å². The standard InChI is InChI=1S/C34H34ClN3O2/c1-38(2)20-19-34(40-36,31-18-10-14-24-11-7-8-17-29(24)31)32(25-12-5-4-6-13-25)30-22-27(23-37-33(30)39-3)26-15-9-16-28(35)21-26/h4-18,21-23,32H,19-20,36H2,1-3H3. The van der Waals surface area contributed by atoms with Gasteiger partial charge in [0.15, 0.2) is 0 Å². The molecule has 0 spiro atoms. The molecular formula is C34H34ClN3O2. The molecule has 5 nitrogen and oxygen atoms in total. The van der Waals surface area contributed by atoms with Crippen LogP contribution in [0.3, 0.4) is 0 Å². The molecule has 40 heavy (non-hydrogen) atoms. The summed E-state index contributed by atoms with van der Waals surface area (Å²) in [7, 11) is 5.77. The number of halogens is 1. The molecule has 204 valence electrons. The summed E-state index contributed by atoms with van der Waals surface area (Å²) in [6.45, 7) is 0.744. The molecule has 0 aliphatic carbocycles. The average Bonchev–Trinajstić information content (AvgIpc) is 2.99. The number of pyridine rings is 1. The van der Waals surface area contributed by atoms with Gasteiger partial charge in [-0.05, 0) is 66.2 Å². The quantitative estimate of drug-likeness (QED) is 0.183. The third kappa shape index (κ3) is 5.47. The summed E-state index contributed by atoms with van der Waals surface area (Å²) in [6, 6.07) is 34.9. The van der Waals surface area contributed by atoms with Crippen molar-refractivity contribution in [3.63, 3.8) is 0 Å². The summed E-state index contributed by atoms with van der Waals surface area (Å²) in [5.41, 5.74) is 3.86. The Labute approximate surface area is 241 Å². The van der Waals surface area contributed by atoms with Gasteiger partial charge in [0.1, 0.15) is 5.60 Å². The molecule has 0 bridgehead atoms. The number of hydrogen-bond acceptors (Lipinski definition) is 5. The smallest absolute Gasteiger partial charge is 0.217 e. The van der Waals surface area contributed by atoms with Gasteiger partial charge in [-0.1, -0.05) is 96.5 Å². The first kappa shape index (κ1) is 27.8. The molecule has 1 aromatic heterocycles. The molecule has 4 aromatic carbocycles. The number of hydrogen-bond donors (Lipinski definition) is 1. The van der Waals surface area contributed by atoms with Gasteiger partial charge in [0.05, 0.1) is 7.11 Å². The number of aromatic nitrogens is 1. The summed E-state index contributed by atoms with van der Waals surface area (Å²) in [4.78, 5) is 13.2. The van der Waals surface area contributed by atoms with Crippen molar-refractivity contribution < 1.29 is 9.57 Å². The molecule has 2 unspecified atom stereocenters. The van der Waals surface area contributed by atoms with E-state index in [0.717, 1.165) is 45.1 Å². The maximum Gasteiger partial charge on any atom is 0.217 e. The highest BCUT2D eigenvalue weighted by molar-refractivity contribution is 6.30. The van der Waals surface area contributed by atoms with Gasteiger partial charge in [0.2, 0.25) is 5.88 Å².